The van der Waals surface area contributed by atoms with E-state index in [2.05, 4.69) is 9.88 Å². The fourth-order valence-electron chi connectivity index (χ4n) is 2.82. The number of sulfonamides is 1. The molecule has 2 aliphatic rings. The van der Waals surface area contributed by atoms with Gasteiger partial charge in [-0.1, -0.05) is 12.8 Å². The molecular weight excluding hydrogens is 354 g/mol. The average Bonchev–Trinajstić information content (AvgIpc) is 2.88. The highest BCUT2D eigenvalue weighted by molar-refractivity contribution is 8.00. The summed E-state index contributed by atoms with van der Waals surface area (Å²) >= 11 is 1.50. The Balaban J connectivity index is 1.72. The number of hydrogen-bond donors (Lipinski definition) is 2. The molecule has 1 aromatic heterocycles. The minimum Gasteiger partial charge on any atom is -0.473 e. The van der Waals surface area contributed by atoms with Crippen LogP contribution in [0, 0.1) is 0 Å². The third kappa shape index (κ3) is 4.22. The Morgan fingerprint density at radius 1 is 1.46 bits per heavy atom. The first-order chi connectivity index (χ1) is 11.3. The highest BCUT2D eigenvalue weighted by Crippen LogP contribution is 2.42. The van der Waals surface area contributed by atoms with E-state index in [1.807, 2.05) is 0 Å². The maximum atomic E-state index is 11.5. The van der Waals surface area contributed by atoms with Crippen molar-refractivity contribution in [2.24, 2.45) is 5.73 Å². The number of aromatic nitrogens is 1. The van der Waals surface area contributed by atoms with Crippen molar-refractivity contribution >= 4 is 27.7 Å². The maximum Gasteiger partial charge on any atom is 0.288 e. The van der Waals surface area contributed by atoms with Crippen LogP contribution < -0.4 is 15.2 Å². The van der Waals surface area contributed by atoms with Gasteiger partial charge in [0.15, 0.2) is 0 Å². The Hall–Kier alpha value is -1.26. The van der Waals surface area contributed by atoms with Crippen molar-refractivity contribution in [3.63, 3.8) is 0 Å². The molecule has 2 fully saturated rings. The summed E-state index contributed by atoms with van der Waals surface area (Å²) in [4.78, 5) is 12.1. The lowest BCUT2D eigenvalue weighted by Crippen LogP contribution is -2.40. The number of nitrogens with two attached hydrogens (primary N) is 1. The van der Waals surface area contributed by atoms with E-state index in [4.69, 9.17) is 15.0 Å². The van der Waals surface area contributed by atoms with Crippen molar-refractivity contribution in [2.45, 2.75) is 54.2 Å². The molecule has 134 valence electrons. The number of amides is 1. The minimum absolute atomic E-state index is 0.00261. The van der Waals surface area contributed by atoms with Crippen LogP contribution in [0.3, 0.4) is 0 Å². The Morgan fingerprint density at radius 2 is 2.12 bits per heavy atom. The smallest absolute Gasteiger partial charge is 0.288 e. The lowest BCUT2D eigenvalue weighted by atomic mass is 10.3. The standard InChI is InChI=1S/C14H21N3O5S2/c1-24(19,20)17-14(6-7-14)8-21-13-11(10(12(15)18)22-16-13)23-9-4-2-3-5-9/h9,17H,2-8H2,1H3,(H2,15,18). The summed E-state index contributed by atoms with van der Waals surface area (Å²) in [6.45, 7) is 0.142. The quantitative estimate of drug-likeness (QED) is 0.701. The molecule has 2 saturated carbocycles. The second-order valence-electron chi connectivity index (χ2n) is 6.48. The molecular formula is C14H21N3O5S2. The number of ether oxygens (including phenoxy) is 1. The molecule has 0 bridgehead atoms. The molecule has 0 unspecified atom stereocenters. The number of primary amides is 1. The Bertz CT molecular complexity index is 721. The first-order valence-corrected chi connectivity index (χ1v) is 10.6. The molecule has 0 radical (unpaired) electrons. The molecule has 24 heavy (non-hydrogen) atoms. The van der Waals surface area contributed by atoms with Gasteiger partial charge in [0.25, 0.3) is 11.8 Å². The van der Waals surface area contributed by atoms with Gasteiger partial charge in [0.1, 0.15) is 11.5 Å². The van der Waals surface area contributed by atoms with Crippen LogP contribution >= 0.6 is 11.8 Å². The third-order valence-corrected chi connectivity index (χ3v) is 6.38. The second-order valence-corrected chi connectivity index (χ2v) is 9.54. The molecule has 8 nitrogen and oxygen atoms in total. The van der Waals surface area contributed by atoms with Crippen LogP contribution in [0.4, 0.5) is 0 Å². The molecule has 10 heteroatoms. The van der Waals surface area contributed by atoms with E-state index in [-0.39, 0.29) is 18.2 Å². The maximum absolute atomic E-state index is 11.5. The normalized spacial score (nSPS) is 20.2. The topological polar surface area (TPSA) is 125 Å². The summed E-state index contributed by atoms with van der Waals surface area (Å²) in [6.07, 6.45) is 6.96. The van der Waals surface area contributed by atoms with E-state index < -0.39 is 21.5 Å². The van der Waals surface area contributed by atoms with Crippen molar-refractivity contribution < 1.29 is 22.5 Å². The van der Waals surface area contributed by atoms with Gasteiger partial charge >= 0.3 is 0 Å². The summed E-state index contributed by atoms with van der Waals surface area (Å²) < 4.78 is 36.2. The van der Waals surface area contributed by atoms with Gasteiger partial charge in [0, 0.05) is 5.25 Å². The lowest BCUT2D eigenvalue weighted by molar-refractivity contribution is 0.0961. The van der Waals surface area contributed by atoms with Crippen molar-refractivity contribution in [3.05, 3.63) is 5.76 Å². The monoisotopic (exact) mass is 375 g/mol. The van der Waals surface area contributed by atoms with Crippen molar-refractivity contribution in [1.82, 2.24) is 9.88 Å². The summed E-state index contributed by atoms with van der Waals surface area (Å²) in [7, 11) is -3.31. The van der Waals surface area contributed by atoms with Gasteiger partial charge in [-0.3, -0.25) is 4.79 Å². The number of carbonyl (C=O) groups is 1. The molecule has 3 N–H and O–H groups in total. The molecule has 0 atom stereocenters. The molecule has 0 saturated heterocycles. The van der Waals surface area contributed by atoms with Gasteiger partial charge in [0.2, 0.25) is 15.8 Å². The lowest BCUT2D eigenvalue weighted by Gasteiger charge is -2.16. The number of rotatable bonds is 8. The van der Waals surface area contributed by atoms with E-state index in [0.717, 1.165) is 31.9 Å². The molecule has 1 heterocycles. The molecule has 1 aromatic rings. The minimum atomic E-state index is -3.31. The zero-order chi connectivity index (χ0) is 17.4. The van der Waals surface area contributed by atoms with Crippen LogP contribution in [0.15, 0.2) is 9.42 Å². The Kier molecular flexibility index (Phi) is 4.80. The predicted molar refractivity (Wildman–Crippen MR) is 88.6 cm³/mol. The van der Waals surface area contributed by atoms with Crippen LogP contribution in [0.25, 0.3) is 0 Å². The van der Waals surface area contributed by atoms with Crippen LogP contribution in [0.5, 0.6) is 5.88 Å². The first kappa shape index (κ1) is 17.6. The number of nitrogens with one attached hydrogen (secondary N) is 1. The number of carbonyl (C=O) groups excluding carboxylic acids is 1. The predicted octanol–water partition coefficient (Wildman–Crippen LogP) is 1.27. The molecule has 0 aliphatic heterocycles. The first-order valence-electron chi connectivity index (χ1n) is 7.86. The molecule has 3 rings (SSSR count). The zero-order valence-electron chi connectivity index (χ0n) is 13.4. The van der Waals surface area contributed by atoms with Crippen molar-refractivity contribution in [2.75, 3.05) is 12.9 Å². The van der Waals surface area contributed by atoms with E-state index in [1.54, 1.807) is 0 Å². The molecule has 0 spiro atoms. The van der Waals surface area contributed by atoms with Gasteiger partial charge in [-0.2, -0.15) is 0 Å². The van der Waals surface area contributed by atoms with Gasteiger partial charge in [-0.15, -0.1) is 11.8 Å². The summed E-state index contributed by atoms with van der Waals surface area (Å²) in [5, 5.41) is 4.19. The van der Waals surface area contributed by atoms with E-state index in [0.29, 0.717) is 23.0 Å². The summed E-state index contributed by atoms with van der Waals surface area (Å²) in [6, 6.07) is 0. The Labute approximate surface area is 144 Å². The van der Waals surface area contributed by atoms with Crippen molar-refractivity contribution in [3.8, 4) is 5.88 Å². The highest BCUT2D eigenvalue weighted by Gasteiger charge is 2.46. The average molecular weight is 375 g/mol. The summed E-state index contributed by atoms with van der Waals surface area (Å²) in [5.41, 5.74) is 4.76. The largest absolute Gasteiger partial charge is 0.473 e. The van der Waals surface area contributed by atoms with Gasteiger partial charge < -0.3 is 15.0 Å². The van der Waals surface area contributed by atoms with Gasteiger partial charge in [0.05, 0.1) is 11.8 Å². The molecule has 2 aliphatic carbocycles. The van der Waals surface area contributed by atoms with Crippen LogP contribution in [0.2, 0.25) is 0 Å². The highest BCUT2D eigenvalue weighted by atomic mass is 32.2. The van der Waals surface area contributed by atoms with Crippen LogP contribution in [0.1, 0.15) is 49.1 Å². The zero-order valence-corrected chi connectivity index (χ0v) is 15.0. The number of hydrogen-bond acceptors (Lipinski definition) is 7. The molecule has 1 amide bonds. The van der Waals surface area contributed by atoms with Gasteiger partial charge in [-0.05, 0) is 30.8 Å². The number of nitrogens with zero attached hydrogens (tertiary/aromatic N) is 1. The third-order valence-electron chi connectivity index (χ3n) is 4.17. The van der Waals surface area contributed by atoms with Crippen LogP contribution in [-0.2, 0) is 10.0 Å². The van der Waals surface area contributed by atoms with Crippen molar-refractivity contribution in [1.29, 1.82) is 0 Å². The SMILES string of the molecule is CS(=O)(=O)NC1(COc2noc(C(N)=O)c2SC2CCCC2)CC1. The van der Waals surface area contributed by atoms with E-state index in [1.165, 1.54) is 11.8 Å². The Morgan fingerprint density at radius 3 is 2.67 bits per heavy atom. The molecule has 0 aromatic carbocycles. The number of thioether (sulfide) groups is 1. The second kappa shape index (κ2) is 6.57. The van der Waals surface area contributed by atoms with Crippen LogP contribution in [-0.4, -0.2) is 43.1 Å². The summed E-state index contributed by atoms with van der Waals surface area (Å²) in [5.74, 6) is -0.474. The fraction of sp³-hybridized carbons (Fsp3) is 0.714. The fourth-order valence-corrected chi connectivity index (χ4v) is 5.21. The van der Waals surface area contributed by atoms with E-state index >= 15 is 0 Å². The van der Waals surface area contributed by atoms with E-state index in [9.17, 15) is 13.2 Å². The van der Waals surface area contributed by atoms with Gasteiger partial charge in [-0.25, -0.2) is 13.1 Å².